The molecule has 1 atom stereocenters. The van der Waals surface area contributed by atoms with Crippen molar-refractivity contribution in [3.63, 3.8) is 0 Å². The van der Waals surface area contributed by atoms with Crippen LogP contribution in [0.3, 0.4) is 0 Å². The van der Waals surface area contributed by atoms with Gasteiger partial charge in [-0.25, -0.2) is 0 Å². The van der Waals surface area contributed by atoms with E-state index in [0.717, 1.165) is 29.7 Å². The van der Waals surface area contributed by atoms with Gasteiger partial charge in [-0.3, -0.25) is 4.99 Å². The second-order valence-corrected chi connectivity index (χ2v) is 4.90. The molecule has 0 N–H and O–H groups in total. The summed E-state index contributed by atoms with van der Waals surface area (Å²) in [6.07, 6.45) is 10.00. The molecule has 4 heteroatoms. The van der Waals surface area contributed by atoms with Crippen LogP contribution >= 0.6 is 0 Å². The summed E-state index contributed by atoms with van der Waals surface area (Å²) in [7, 11) is 0. The zero-order valence-corrected chi connectivity index (χ0v) is 11.2. The normalized spacial score (nSPS) is 27.6. The monoisotopic (exact) mass is 279 g/mol. The Labute approximate surface area is 116 Å². The molecule has 0 saturated heterocycles. The van der Waals surface area contributed by atoms with Gasteiger partial charge in [0.15, 0.2) is 0 Å². The van der Waals surface area contributed by atoms with E-state index in [-0.39, 0.29) is 5.92 Å². The highest BCUT2D eigenvalue weighted by molar-refractivity contribution is 5.69. The highest BCUT2D eigenvalue weighted by Gasteiger charge is 2.31. The molecule has 0 aromatic carbocycles. The summed E-state index contributed by atoms with van der Waals surface area (Å²) in [5.74, 6) is -0.0483. The topological polar surface area (TPSA) is 12.4 Å². The molecule has 1 aliphatic carbocycles. The summed E-state index contributed by atoms with van der Waals surface area (Å²) in [6.45, 7) is 1.99. The summed E-state index contributed by atoms with van der Waals surface area (Å²) >= 11 is 0. The molecule has 0 saturated carbocycles. The van der Waals surface area contributed by atoms with Gasteiger partial charge in [-0.1, -0.05) is 47.6 Å². The van der Waals surface area contributed by atoms with Crippen LogP contribution in [0.5, 0.6) is 0 Å². The second-order valence-electron chi connectivity index (χ2n) is 4.90. The molecule has 1 nitrogen and oxygen atoms in total. The van der Waals surface area contributed by atoms with Gasteiger partial charge >= 0.3 is 6.18 Å². The van der Waals surface area contributed by atoms with E-state index in [4.69, 9.17) is 0 Å². The average molecular weight is 279 g/mol. The van der Waals surface area contributed by atoms with Crippen LogP contribution in [0, 0.1) is 5.92 Å². The first-order valence-electron chi connectivity index (χ1n) is 6.47. The SMILES string of the molecule is C/C1=C/N=CC(C2=CC=C(C(F)(F)F)C=CC2)/C=C/C1. The molecule has 1 unspecified atom stereocenters. The molecule has 0 aromatic heterocycles. The minimum atomic E-state index is -4.30. The van der Waals surface area contributed by atoms with Crippen LogP contribution in [-0.4, -0.2) is 12.4 Å². The third-order valence-electron chi connectivity index (χ3n) is 3.21. The summed E-state index contributed by atoms with van der Waals surface area (Å²) in [4.78, 5) is 4.22. The molecule has 0 bridgehead atoms. The first-order chi connectivity index (χ1) is 9.47. The van der Waals surface area contributed by atoms with Gasteiger partial charge in [0.25, 0.3) is 0 Å². The number of rotatable bonds is 1. The zero-order chi connectivity index (χ0) is 14.6. The van der Waals surface area contributed by atoms with Gasteiger partial charge in [0.05, 0.1) is 5.57 Å². The Morgan fingerprint density at radius 3 is 2.70 bits per heavy atom. The van der Waals surface area contributed by atoms with Crippen LogP contribution < -0.4 is 0 Å². The number of hydrogen-bond acceptors (Lipinski definition) is 1. The molecule has 1 aliphatic heterocycles. The van der Waals surface area contributed by atoms with Crippen molar-refractivity contribution in [3.05, 3.63) is 59.4 Å². The van der Waals surface area contributed by atoms with Gasteiger partial charge in [0.1, 0.15) is 0 Å². The van der Waals surface area contributed by atoms with Crippen molar-refractivity contribution in [2.24, 2.45) is 10.9 Å². The summed E-state index contributed by atoms with van der Waals surface area (Å²) < 4.78 is 38.0. The lowest BCUT2D eigenvalue weighted by Crippen LogP contribution is -2.09. The number of aliphatic imine (C=N–C) groups is 1. The number of nitrogens with zero attached hydrogens (tertiary/aromatic N) is 1. The van der Waals surface area contributed by atoms with Crippen molar-refractivity contribution in [2.75, 3.05) is 0 Å². The largest absolute Gasteiger partial charge is 0.416 e. The molecule has 0 aromatic rings. The molecular formula is C16H16F3N. The van der Waals surface area contributed by atoms with Crippen molar-refractivity contribution in [3.8, 4) is 0 Å². The van der Waals surface area contributed by atoms with Gasteiger partial charge in [0.2, 0.25) is 0 Å². The fraction of sp³-hybridized carbons (Fsp3) is 0.312. The minimum Gasteiger partial charge on any atom is -0.268 e. The van der Waals surface area contributed by atoms with Crippen molar-refractivity contribution < 1.29 is 13.2 Å². The van der Waals surface area contributed by atoms with Gasteiger partial charge in [-0.2, -0.15) is 13.2 Å². The summed E-state index contributed by atoms with van der Waals surface area (Å²) in [5.41, 5.74) is 1.45. The van der Waals surface area contributed by atoms with Crippen molar-refractivity contribution >= 4 is 6.21 Å². The highest BCUT2D eigenvalue weighted by Crippen LogP contribution is 2.30. The van der Waals surface area contributed by atoms with Crippen LogP contribution in [0.25, 0.3) is 0 Å². The third-order valence-corrected chi connectivity index (χ3v) is 3.21. The fourth-order valence-electron chi connectivity index (χ4n) is 2.06. The van der Waals surface area contributed by atoms with Crippen LogP contribution in [-0.2, 0) is 0 Å². The van der Waals surface area contributed by atoms with Gasteiger partial charge in [0, 0.05) is 18.3 Å². The molecular weight excluding hydrogens is 263 g/mol. The van der Waals surface area contributed by atoms with E-state index in [0.29, 0.717) is 6.42 Å². The Balaban J connectivity index is 2.24. The number of halogens is 3. The maximum atomic E-state index is 12.7. The molecule has 0 amide bonds. The lowest BCUT2D eigenvalue weighted by atomic mass is 9.95. The molecule has 2 rings (SSSR count). The lowest BCUT2D eigenvalue weighted by Gasteiger charge is -2.11. The second kappa shape index (κ2) is 6.07. The Kier molecular flexibility index (Phi) is 4.42. The quantitative estimate of drug-likeness (QED) is 0.605. The lowest BCUT2D eigenvalue weighted by molar-refractivity contribution is -0.0881. The van der Waals surface area contributed by atoms with E-state index in [1.807, 2.05) is 19.1 Å². The maximum Gasteiger partial charge on any atom is 0.416 e. The van der Waals surface area contributed by atoms with Crippen LogP contribution in [0.15, 0.2) is 64.4 Å². The van der Waals surface area contributed by atoms with E-state index in [2.05, 4.69) is 4.99 Å². The van der Waals surface area contributed by atoms with Crippen molar-refractivity contribution in [1.82, 2.24) is 0 Å². The van der Waals surface area contributed by atoms with Crippen molar-refractivity contribution in [2.45, 2.75) is 25.9 Å². The predicted molar refractivity (Wildman–Crippen MR) is 75.5 cm³/mol. The molecule has 2 aliphatic rings. The predicted octanol–water partition coefficient (Wildman–Crippen LogP) is 4.91. The van der Waals surface area contributed by atoms with Gasteiger partial charge < -0.3 is 0 Å². The van der Waals surface area contributed by atoms with Crippen LogP contribution in [0.4, 0.5) is 13.2 Å². The molecule has 0 radical (unpaired) electrons. The van der Waals surface area contributed by atoms with Gasteiger partial charge in [-0.15, -0.1) is 0 Å². The summed E-state index contributed by atoms with van der Waals surface area (Å²) in [6, 6.07) is 0. The molecule has 1 heterocycles. The van der Waals surface area contributed by atoms with Crippen molar-refractivity contribution in [1.29, 1.82) is 0 Å². The average Bonchev–Trinajstić information content (AvgIpc) is 2.58. The standard InChI is InChI=1S/C16H16F3N/c1-12-4-2-6-14(11-20-10-12)13-5-3-7-15(9-8-13)16(17,18)19/h2-3,6-11,14H,4-5H2,1H3/b6-2+,12-10-,20-11?. The first kappa shape index (κ1) is 14.6. The highest BCUT2D eigenvalue weighted by atomic mass is 19.4. The Morgan fingerprint density at radius 1 is 1.15 bits per heavy atom. The van der Waals surface area contributed by atoms with Crippen LogP contribution in [0.2, 0.25) is 0 Å². The van der Waals surface area contributed by atoms with E-state index in [1.54, 1.807) is 24.6 Å². The Hall–Kier alpha value is -1.84. The zero-order valence-electron chi connectivity index (χ0n) is 11.2. The number of alkyl halides is 3. The number of allylic oxidation sites excluding steroid dienone is 9. The smallest absolute Gasteiger partial charge is 0.268 e. The molecule has 20 heavy (non-hydrogen) atoms. The van der Waals surface area contributed by atoms with Gasteiger partial charge in [-0.05, 0) is 19.8 Å². The maximum absolute atomic E-state index is 12.7. The van der Waals surface area contributed by atoms with E-state index in [1.165, 1.54) is 0 Å². The van der Waals surface area contributed by atoms with E-state index in [9.17, 15) is 13.2 Å². The fourth-order valence-corrected chi connectivity index (χ4v) is 2.06. The van der Waals surface area contributed by atoms with Crippen LogP contribution in [0.1, 0.15) is 19.8 Å². The number of hydrogen-bond donors (Lipinski definition) is 0. The molecule has 0 fully saturated rings. The van der Waals surface area contributed by atoms with E-state index >= 15 is 0 Å². The Morgan fingerprint density at radius 2 is 1.95 bits per heavy atom. The third kappa shape index (κ3) is 3.83. The Bertz CT molecular complexity index is 543. The van der Waals surface area contributed by atoms with E-state index < -0.39 is 11.7 Å². The first-order valence-corrected chi connectivity index (χ1v) is 6.47. The minimum absolute atomic E-state index is 0.0483. The molecule has 0 spiro atoms. The molecule has 106 valence electrons. The summed E-state index contributed by atoms with van der Waals surface area (Å²) in [5, 5.41) is 0.